The standard InChI is InChI=1S/C15H22N2O5/c1-15(20,10-21-2)9-17-14(19)13(18)16-8-11-5-4-6-12(7-11)22-3/h4-7,20H,8-10H2,1-3H3,(H,16,18)(H,17,19). The molecule has 2 amide bonds. The zero-order valence-electron chi connectivity index (χ0n) is 13.0. The largest absolute Gasteiger partial charge is 0.497 e. The molecule has 1 aromatic carbocycles. The van der Waals surface area contributed by atoms with E-state index < -0.39 is 17.4 Å². The summed E-state index contributed by atoms with van der Waals surface area (Å²) in [6.07, 6.45) is 0. The van der Waals surface area contributed by atoms with Gasteiger partial charge < -0.3 is 25.2 Å². The molecule has 1 atom stereocenters. The second-order valence-electron chi connectivity index (χ2n) is 5.15. The third-order valence-electron chi connectivity index (χ3n) is 2.88. The predicted octanol–water partition coefficient (Wildman–Crippen LogP) is -0.175. The Labute approximate surface area is 129 Å². The van der Waals surface area contributed by atoms with E-state index in [4.69, 9.17) is 9.47 Å². The molecule has 0 aliphatic rings. The van der Waals surface area contributed by atoms with Crippen LogP contribution >= 0.6 is 0 Å². The lowest BCUT2D eigenvalue weighted by atomic mass is 10.1. The molecule has 7 nitrogen and oxygen atoms in total. The molecule has 0 spiro atoms. The second kappa shape index (κ2) is 8.35. The van der Waals surface area contributed by atoms with E-state index in [-0.39, 0.29) is 19.7 Å². The zero-order chi connectivity index (χ0) is 16.6. The van der Waals surface area contributed by atoms with E-state index in [1.54, 1.807) is 25.3 Å². The van der Waals surface area contributed by atoms with Crippen molar-refractivity contribution in [3.63, 3.8) is 0 Å². The monoisotopic (exact) mass is 310 g/mol. The highest BCUT2D eigenvalue weighted by Gasteiger charge is 2.23. The number of benzene rings is 1. The van der Waals surface area contributed by atoms with Crippen molar-refractivity contribution < 1.29 is 24.2 Å². The maximum Gasteiger partial charge on any atom is 0.309 e. The van der Waals surface area contributed by atoms with Crippen LogP contribution in [0, 0.1) is 0 Å². The molecule has 0 bridgehead atoms. The van der Waals surface area contributed by atoms with Crippen LogP contribution in [-0.4, -0.2) is 49.9 Å². The number of hydrogen-bond donors (Lipinski definition) is 3. The zero-order valence-corrected chi connectivity index (χ0v) is 13.0. The van der Waals surface area contributed by atoms with E-state index >= 15 is 0 Å². The van der Waals surface area contributed by atoms with Crippen LogP contribution in [0.4, 0.5) is 0 Å². The van der Waals surface area contributed by atoms with Gasteiger partial charge in [-0.2, -0.15) is 0 Å². The molecule has 0 radical (unpaired) electrons. The van der Waals surface area contributed by atoms with Crippen LogP contribution < -0.4 is 15.4 Å². The first-order valence-electron chi connectivity index (χ1n) is 6.78. The number of hydrogen-bond acceptors (Lipinski definition) is 5. The molecule has 7 heteroatoms. The topological polar surface area (TPSA) is 96.9 Å². The molecule has 0 fully saturated rings. The number of carbonyl (C=O) groups excluding carboxylic acids is 2. The van der Waals surface area contributed by atoms with Crippen LogP contribution in [0.1, 0.15) is 12.5 Å². The normalized spacial score (nSPS) is 13.1. The SMILES string of the molecule is COCC(C)(O)CNC(=O)C(=O)NCc1cccc(OC)c1. The van der Waals surface area contributed by atoms with E-state index in [9.17, 15) is 14.7 Å². The van der Waals surface area contributed by atoms with Crippen molar-refractivity contribution >= 4 is 11.8 Å². The number of amides is 2. The van der Waals surface area contributed by atoms with Crippen LogP contribution in [-0.2, 0) is 20.9 Å². The van der Waals surface area contributed by atoms with Gasteiger partial charge in [0.05, 0.1) is 13.7 Å². The summed E-state index contributed by atoms with van der Waals surface area (Å²) in [5.41, 5.74) is -0.413. The summed E-state index contributed by atoms with van der Waals surface area (Å²) in [5, 5.41) is 14.7. The van der Waals surface area contributed by atoms with Crippen molar-refractivity contribution in [2.24, 2.45) is 0 Å². The van der Waals surface area contributed by atoms with Gasteiger partial charge in [-0.25, -0.2) is 0 Å². The van der Waals surface area contributed by atoms with Crippen molar-refractivity contribution in [2.75, 3.05) is 27.4 Å². The average molecular weight is 310 g/mol. The molecule has 0 saturated carbocycles. The minimum absolute atomic E-state index is 0.0543. The lowest BCUT2D eigenvalue weighted by molar-refractivity contribution is -0.140. The van der Waals surface area contributed by atoms with Crippen molar-refractivity contribution in [3.8, 4) is 5.75 Å². The second-order valence-corrected chi connectivity index (χ2v) is 5.15. The fraction of sp³-hybridized carbons (Fsp3) is 0.467. The summed E-state index contributed by atoms with van der Waals surface area (Å²) in [7, 11) is 2.99. The third kappa shape index (κ3) is 6.11. The Morgan fingerprint density at radius 2 is 1.91 bits per heavy atom. The Hall–Kier alpha value is -2.12. The summed E-state index contributed by atoms with van der Waals surface area (Å²) in [4.78, 5) is 23.3. The Bertz CT molecular complexity index is 516. The molecule has 1 rings (SSSR count). The predicted molar refractivity (Wildman–Crippen MR) is 80.4 cm³/mol. The summed E-state index contributed by atoms with van der Waals surface area (Å²) >= 11 is 0. The summed E-state index contributed by atoms with van der Waals surface area (Å²) in [5.74, 6) is -0.901. The Kier molecular flexibility index (Phi) is 6.81. The number of carbonyl (C=O) groups is 2. The third-order valence-corrected chi connectivity index (χ3v) is 2.88. The Balaban J connectivity index is 2.42. The summed E-state index contributed by atoms with van der Waals surface area (Å²) in [6, 6.07) is 7.16. The van der Waals surface area contributed by atoms with Gasteiger partial charge in [0.15, 0.2) is 0 Å². The van der Waals surface area contributed by atoms with Gasteiger partial charge in [0.1, 0.15) is 11.4 Å². The molecule has 1 unspecified atom stereocenters. The molecule has 122 valence electrons. The fourth-order valence-corrected chi connectivity index (χ4v) is 1.76. The molecular weight excluding hydrogens is 288 g/mol. The Morgan fingerprint density at radius 1 is 1.23 bits per heavy atom. The van der Waals surface area contributed by atoms with Crippen molar-refractivity contribution in [2.45, 2.75) is 19.1 Å². The van der Waals surface area contributed by atoms with Crippen LogP contribution in [0.5, 0.6) is 5.75 Å². The number of rotatable bonds is 7. The van der Waals surface area contributed by atoms with Crippen molar-refractivity contribution in [1.82, 2.24) is 10.6 Å². The molecular formula is C15H22N2O5. The maximum absolute atomic E-state index is 11.7. The molecule has 0 aromatic heterocycles. The van der Waals surface area contributed by atoms with Gasteiger partial charge in [-0.05, 0) is 24.6 Å². The van der Waals surface area contributed by atoms with E-state index in [2.05, 4.69) is 10.6 Å². The first-order chi connectivity index (χ1) is 10.4. The summed E-state index contributed by atoms with van der Waals surface area (Å²) < 4.78 is 9.89. The molecule has 3 N–H and O–H groups in total. The summed E-state index contributed by atoms with van der Waals surface area (Å²) in [6.45, 7) is 1.69. The highest BCUT2D eigenvalue weighted by molar-refractivity contribution is 6.35. The van der Waals surface area contributed by atoms with Crippen LogP contribution in [0.2, 0.25) is 0 Å². The van der Waals surface area contributed by atoms with Crippen LogP contribution in [0.15, 0.2) is 24.3 Å². The first-order valence-corrected chi connectivity index (χ1v) is 6.78. The number of nitrogens with one attached hydrogen (secondary N) is 2. The van der Waals surface area contributed by atoms with Gasteiger partial charge in [-0.15, -0.1) is 0 Å². The highest BCUT2D eigenvalue weighted by Crippen LogP contribution is 2.12. The maximum atomic E-state index is 11.7. The van der Waals surface area contributed by atoms with Gasteiger partial charge in [0.25, 0.3) is 0 Å². The fourth-order valence-electron chi connectivity index (χ4n) is 1.76. The minimum atomic E-state index is -1.22. The molecule has 22 heavy (non-hydrogen) atoms. The van der Waals surface area contributed by atoms with Gasteiger partial charge in [-0.1, -0.05) is 12.1 Å². The van der Waals surface area contributed by atoms with E-state index in [1.165, 1.54) is 14.0 Å². The lowest BCUT2D eigenvalue weighted by Gasteiger charge is -2.22. The minimum Gasteiger partial charge on any atom is -0.497 e. The van der Waals surface area contributed by atoms with Gasteiger partial charge in [-0.3, -0.25) is 9.59 Å². The quantitative estimate of drug-likeness (QED) is 0.607. The number of aliphatic hydroxyl groups is 1. The molecule has 0 saturated heterocycles. The first kappa shape index (κ1) is 17.9. The molecule has 0 aliphatic heterocycles. The average Bonchev–Trinajstić information content (AvgIpc) is 2.50. The number of methoxy groups -OCH3 is 2. The number of ether oxygens (including phenoxy) is 2. The molecule has 1 aromatic rings. The van der Waals surface area contributed by atoms with Crippen LogP contribution in [0.3, 0.4) is 0 Å². The van der Waals surface area contributed by atoms with Gasteiger partial charge >= 0.3 is 11.8 Å². The van der Waals surface area contributed by atoms with Crippen molar-refractivity contribution in [1.29, 1.82) is 0 Å². The smallest absolute Gasteiger partial charge is 0.309 e. The Morgan fingerprint density at radius 3 is 2.55 bits per heavy atom. The van der Waals surface area contributed by atoms with E-state index in [0.29, 0.717) is 5.75 Å². The van der Waals surface area contributed by atoms with Gasteiger partial charge in [0.2, 0.25) is 0 Å². The molecule has 0 heterocycles. The van der Waals surface area contributed by atoms with E-state index in [0.717, 1.165) is 5.56 Å². The molecule has 0 aliphatic carbocycles. The van der Waals surface area contributed by atoms with E-state index in [1.807, 2.05) is 6.07 Å². The lowest BCUT2D eigenvalue weighted by Crippen LogP contribution is -2.48. The highest BCUT2D eigenvalue weighted by atomic mass is 16.5. The van der Waals surface area contributed by atoms with Crippen LogP contribution in [0.25, 0.3) is 0 Å². The van der Waals surface area contributed by atoms with Crippen molar-refractivity contribution in [3.05, 3.63) is 29.8 Å². The van der Waals surface area contributed by atoms with Gasteiger partial charge in [0, 0.05) is 20.2 Å².